The Morgan fingerprint density at radius 1 is 1.28 bits per heavy atom. The van der Waals surface area contributed by atoms with Crippen LogP contribution in [0.25, 0.3) is 10.9 Å². The zero-order valence-corrected chi connectivity index (χ0v) is 17.8. The van der Waals surface area contributed by atoms with E-state index in [-0.39, 0.29) is 5.82 Å². The number of aromatic amines is 1. The Balaban J connectivity index is 1.58. The van der Waals surface area contributed by atoms with Crippen LogP contribution in [0.2, 0.25) is 0 Å². The Morgan fingerprint density at radius 2 is 2.07 bits per heavy atom. The number of halogens is 1. The molecule has 0 radical (unpaired) electrons. The van der Waals surface area contributed by atoms with Crippen molar-refractivity contribution in [3.05, 3.63) is 35.8 Å². The van der Waals surface area contributed by atoms with Gasteiger partial charge in [-0.05, 0) is 43.0 Å². The van der Waals surface area contributed by atoms with Crippen LogP contribution in [0, 0.1) is 11.7 Å². The molecule has 160 valence electrons. The first-order chi connectivity index (χ1) is 14.1. The fourth-order valence-corrected chi connectivity index (χ4v) is 3.86. The SMILES string of the molecule is CCNC(=NCC(C(C)C)N1CCOCC1)NCCc1c[nH]c2ccc(F)cc12. The van der Waals surface area contributed by atoms with Crippen LogP contribution < -0.4 is 10.6 Å². The van der Waals surface area contributed by atoms with E-state index in [0.717, 1.165) is 74.8 Å². The number of nitrogens with one attached hydrogen (secondary N) is 3. The van der Waals surface area contributed by atoms with Crippen LogP contribution in [0.3, 0.4) is 0 Å². The maximum atomic E-state index is 13.6. The number of rotatable bonds is 8. The first-order valence-electron chi connectivity index (χ1n) is 10.7. The Bertz CT molecular complexity index is 798. The minimum absolute atomic E-state index is 0.205. The summed E-state index contributed by atoms with van der Waals surface area (Å²) in [6, 6.07) is 5.27. The lowest BCUT2D eigenvalue weighted by molar-refractivity contribution is 0.00867. The molecule has 6 nitrogen and oxygen atoms in total. The number of aliphatic imine (C=N–C) groups is 1. The Kier molecular flexibility index (Phi) is 7.89. The molecule has 1 aliphatic heterocycles. The van der Waals surface area contributed by atoms with Gasteiger partial charge in [-0.1, -0.05) is 13.8 Å². The summed E-state index contributed by atoms with van der Waals surface area (Å²) in [6.45, 7) is 12.4. The van der Waals surface area contributed by atoms with Crippen molar-refractivity contribution in [2.24, 2.45) is 10.9 Å². The lowest BCUT2D eigenvalue weighted by Gasteiger charge is -2.36. The third-order valence-corrected chi connectivity index (χ3v) is 5.48. The van der Waals surface area contributed by atoms with Gasteiger partial charge in [0, 0.05) is 49.3 Å². The molecule has 7 heteroatoms. The number of benzene rings is 1. The third-order valence-electron chi connectivity index (χ3n) is 5.48. The number of hydrogen-bond donors (Lipinski definition) is 3. The number of H-pyrrole nitrogens is 1. The van der Waals surface area contributed by atoms with Gasteiger partial charge in [-0.2, -0.15) is 0 Å². The van der Waals surface area contributed by atoms with Gasteiger partial charge >= 0.3 is 0 Å². The first-order valence-corrected chi connectivity index (χ1v) is 10.7. The topological polar surface area (TPSA) is 64.7 Å². The lowest BCUT2D eigenvalue weighted by atomic mass is 10.0. The maximum absolute atomic E-state index is 13.6. The van der Waals surface area contributed by atoms with Gasteiger partial charge < -0.3 is 20.4 Å². The highest BCUT2D eigenvalue weighted by Crippen LogP contribution is 2.19. The summed E-state index contributed by atoms with van der Waals surface area (Å²) in [5.74, 6) is 1.15. The Morgan fingerprint density at radius 3 is 2.79 bits per heavy atom. The van der Waals surface area contributed by atoms with Crippen molar-refractivity contribution in [1.29, 1.82) is 0 Å². The molecule has 0 saturated carbocycles. The molecule has 2 aromatic rings. The normalized spacial score (nSPS) is 17.1. The number of fused-ring (bicyclic) bond motifs is 1. The number of guanidine groups is 1. The van der Waals surface area contributed by atoms with E-state index in [1.807, 2.05) is 6.20 Å². The fourth-order valence-electron chi connectivity index (χ4n) is 3.86. The maximum Gasteiger partial charge on any atom is 0.191 e. The molecule has 0 spiro atoms. The van der Waals surface area contributed by atoms with E-state index in [1.165, 1.54) is 6.07 Å². The number of nitrogens with zero attached hydrogens (tertiary/aromatic N) is 2. The summed E-state index contributed by atoms with van der Waals surface area (Å²) < 4.78 is 19.1. The molecular formula is C22H34FN5O. The van der Waals surface area contributed by atoms with E-state index in [4.69, 9.17) is 9.73 Å². The third kappa shape index (κ3) is 5.93. The fraction of sp³-hybridized carbons (Fsp3) is 0.591. The molecule has 0 amide bonds. The van der Waals surface area contributed by atoms with Crippen LogP contribution in [0.4, 0.5) is 4.39 Å². The standard InChI is InChI=1S/C22H34FN5O/c1-4-24-22(27-15-21(16(2)3)28-9-11-29-12-10-28)25-8-7-17-14-26-20-6-5-18(23)13-19(17)20/h5-6,13-14,16,21,26H,4,7-12,15H2,1-3H3,(H2,24,25,27). The largest absolute Gasteiger partial charge is 0.379 e. The molecule has 1 aromatic carbocycles. The number of morpholine rings is 1. The second kappa shape index (κ2) is 10.6. The van der Waals surface area contributed by atoms with Gasteiger partial charge in [0.15, 0.2) is 5.96 Å². The molecule has 2 heterocycles. The molecule has 1 atom stereocenters. The van der Waals surface area contributed by atoms with Crippen molar-refractivity contribution >= 4 is 16.9 Å². The van der Waals surface area contributed by atoms with Gasteiger partial charge in [-0.3, -0.25) is 9.89 Å². The molecular weight excluding hydrogens is 369 g/mol. The van der Waals surface area contributed by atoms with Gasteiger partial charge in [0.05, 0.1) is 19.8 Å². The van der Waals surface area contributed by atoms with Crippen molar-refractivity contribution < 1.29 is 9.13 Å². The summed E-state index contributed by atoms with van der Waals surface area (Å²) in [5.41, 5.74) is 2.07. The molecule has 1 saturated heterocycles. The van der Waals surface area contributed by atoms with E-state index >= 15 is 0 Å². The summed E-state index contributed by atoms with van der Waals surface area (Å²) in [6.07, 6.45) is 2.76. The van der Waals surface area contributed by atoms with Crippen LogP contribution in [0.5, 0.6) is 0 Å². The highest BCUT2D eigenvalue weighted by Gasteiger charge is 2.23. The van der Waals surface area contributed by atoms with Crippen molar-refractivity contribution in [1.82, 2.24) is 20.5 Å². The molecule has 1 aliphatic rings. The average molecular weight is 404 g/mol. The molecule has 1 fully saturated rings. The number of hydrogen-bond acceptors (Lipinski definition) is 3. The van der Waals surface area contributed by atoms with E-state index in [1.54, 1.807) is 12.1 Å². The zero-order chi connectivity index (χ0) is 20.6. The Labute approximate surface area is 172 Å². The highest BCUT2D eigenvalue weighted by molar-refractivity contribution is 5.83. The Hall–Kier alpha value is -2.12. The second-order valence-corrected chi connectivity index (χ2v) is 7.86. The molecule has 3 N–H and O–H groups in total. The van der Waals surface area contributed by atoms with Crippen LogP contribution in [0.1, 0.15) is 26.3 Å². The predicted molar refractivity (Wildman–Crippen MR) is 117 cm³/mol. The molecule has 1 unspecified atom stereocenters. The van der Waals surface area contributed by atoms with E-state index < -0.39 is 0 Å². The quantitative estimate of drug-likeness (QED) is 0.468. The van der Waals surface area contributed by atoms with E-state index in [9.17, 15) is 4.39 Å². The van der Waals surface area contributed by atoms with Crippen LogP contribution in [0.15, 0.2) is 29.4 Å². The molecule has 0 bridgehead atoms. The summed E-state index contributed by atoms with van der Waals surface area (Å²) in [7, 11) is 0. The predicted octanol–water partition coefficient (Wildman–Crippen LogP) is 2.76. The number of aromatic nitrogens is 1. The summed E-state index contributed by atoms with van der Waals surface area (Å²) >= 11 is 0. The minimum atomic E-state index is -0.205. The van der Waals surface area contributed by atoms with E-state index in [0.29, 0.717) is 12.0 Å². The monoisotopic (exact) mass is 403 g/mol. The van der Waals surface area contributed by atoms with Gasteiger partial charge in [0.1, 0.15) is 5.82 Å². The van der Waals surface area contributed by atoms with Gasteiger partial charge in [-0.15, -0.1) is 0 Å². The van der Waals surface area contributed by atoms with Crippen LogP contribution >= 0.6 is 0 Å². The van der Waals surface area contributed by atoms with E-state index in [2.05, 4.69) is 41.3 Å². The van der Waals surface area contributed by atoms with Gasteiger partial charge in [0.25, 0.3) is 0 Å². The summed E-state index contributed by atoms with van der Waals surface area (Å²) in [5, 5.41) is 7.70. The van der Waals surface area contributed by atoms with Crippen LogP contribution in [-0.4, -0.2) is 67.8 Å². The zero-order valence-electron chi connectivity index (χ0n) is 17.8. The molecule has 29 heavy (non-hydrogen) atoms. The molecule has 1 aromatic heterocycles. The minimum Gasteiger partial charge on any atom is -0.379 e. The van der Waals surface area contributed by atoms with Gasteiger partial charge in [-0.25, -0.2) is 4.39 Å². The molecule has 0 aliphatic carbocycles. The number of ether oxygens (including phenoxy) is 1. The molecule has 3 rings (SSSR count). The second-order valence-electron chi connectivity index (χ2n) is 7.86. The van der Waals surface area contributed by atoms with Gasteiger partial charge in [0.2, 0.25) is 0 Å². The lowest BCUT2D eigenvalue weighted by Crippen LogP contribution is -2.48. The van der Waals surface area contributed by atoms with Crippen molar-refractivity contribution in [3.63, 3.8) is 0 Å². The average Bonchev–Trinajstić information content (AvgIpc) is 3.11. The first kappa shape index (κ1) is 21.6. The van der Waals surface area contributed by atoms with Crippen molar-refractivity contribution in [3.8, 4) is 0 Å². The smallest absolute Gasteiger partial charge is 0.191 e. The van der Waals surface area contributed by atoms with Crippen molar-refractivity contribution in [2.45, 2.75) is 33.2 Å². The highest BCUT2D eigenvalue weighted by atomic mass is 19.1. The van der Waals surface area contributed by atoms with Crippen molar-refractivity contribution in [2.75, 3.05) is 45.9 Å². The van der Waals surface area contributed by atoms with Crippen LogP contribution in [-0.2, 0) is 11.2 Å². The summed E-state index contributed by atoms with van der Waals surface area (Å²) in [4.78, 5) is 10.5.